The highest BCUT2D eigenvalue weighted by Crippen LogP contribution is 2.45. The number of amides is 1. The van der Waals surface area contributed by atoms with Crippen LogP contribution in [0.15, 0.2) is 30.3 Å². The fraction of sp³-hybridized carbons (Fsp3) is 0.650. The molecular formula is C20H29N3O. The lowest BCUT2D eigenvalue weighted by Gasteiger charge is -2.29. The smallest absolute Gasteiger partial charge is 0.240 e. The number of carbonyl (C=O) groups is 1. The number of carbonyl (C=O) groups excluding carboxylic acids is 1. The van der Waals surface area contributed by atoms with Gasteiger partial charge in [-0.05, 0) is 44.7 Å². The van der Waals surface area contributed by atoms with Crippen molar-refractivity contribution in [3.05, 3.63) is 35.9 Å². The number of hydrogen-bond donors (Lipinski definition) is 0. The Balaban J connectivity index is 1.50. The molecule has 1 amide bonds. The second kappa shape index (κ2) is 6.16. The summed E-state index contributed by atoms with van der Waals surface area (Å²) in [4.78, 5) is 19.8. The third-order valence-corrected chi connectivity index (χ3v) is 6.34. The van der Waals surface area contributed by atoms with Crippen LogP contribution >= 0.6 is 0 Å². The molecule has 0 saturated carbocycles. The predicted molar refractivity (Wildman–Crippen MR) is 95.6 cm³/mol. The molecule has 0 aromatic heterocycles. The highest BCUT2D eigenvalue weighted by atomic mass is 16.2. The zero-order chi connectivity index (χ0) is 16.8. The fourth-order valence-electron chi connectivity index (χ4n) is 5.24. The molecule has 3 fully saturated rings. The van der Waals surface area contributed by atoms with Crippen molar-refractivity contribution in [3.8, 4) is 0 Å². The summed E-state index contributed by atoms with van der Waals surface area (Å²) in [6.07, 6.45) is 1.00. The number of rotatable bonds is 3. The van der Waals surface area contributed by atoms with Crippen molar-refractivity contribution in [1.29, 1.82) is 0 Å². The van der Waals surface area contributed by atoms with E-state index in [9.17, 15) is 4.79 Å². The Labute approximate surface area is 145 Å². The largest absolute Gasteiger partial charge is 0.339 e. The van der Waals surface area contributed by atoms with E-state index in [0.29, 0.717) is 29.8 Å². The van der Waals surface area contributed by atoms with Gasteiger partial charge in [-0.2, -0.15) is 0 Å². The van der Waals surface area contributed by atoms with Crippen molar-refractivity contribution in [3.63, 3.8) is 0 Å². The maximum absolute atomic E-state index is 12.7. The van der Waals surface area contributed by atoms with Gasteiger partial charge >= 0.3 is 0 Å². The molecule has 4 nitrogen and oxygen atoms in total. The van der Waals surface area contributed by atoms with Crippen LogP contribution < -0.4 is 0 Å². The van der Waals surface area contributed by atoms with E-state index in [2.05, 4.69) is 65.9 Å². The highest BCUT2D eigenvalue weighted by Gasteiger charge is 2.49. The van der Waals surface area contributed by atoms with E-state index >= 15 is 0 Å². The van der Waals surface area contributed by atoms with Gasteiger partial charge in [0.25, 0.3) is 0 Å². The molecule has 1 aromatic rings. The number of benzene rings is 1. The maximum atomic E-state index is 12.7. The van der Waals surface area contributed by atoms with Crippen LogP contribution in [0, 0.1) is 11.8 Å². The molecule has 3 saturated heterocycles. The van der Waals surface area contributed by atoms with Crippen LogP contribution in [-0.2, 0) is 4.79 Å². The molecule has 0 N–H and O–H groups in total. The minimum Gasteiger partial charge on any atom is -0.339 e. The van der Waals surface area contributed by atoms with Gasteiger partial charge < -0.3 is 4.90 Å². The third kappa shape index (κ3) is 2.56. The van der Waals surface area contributed by atoms with Crippen LogP contribution in [0.2, 0.25) is 0 Å². The fourth-order valence-corrected chi connectivity index (χ4v) is 5.24. The number of nitrogens with zero attached hydrogens (tertiary/aromatic N) is 3. The van der Waals surface area contributed by atoms with Crippen molar-refractivity contribution in [1.82, 2.24) is 14.7 Å². The van der Waals surface area contributed by atoms with E-state index in [1.807, 2.05) is 0 Å². The first-order valence-electron chi connectivity index (χ1n) is 9.36. The van der Waals surface area contributed by atoms with Gasteiger partial charge in [-0.1, -0.05) is 30.3 Å². The maximum Gasteiger partial charge on any atom is 0.240 e. The van der Waals surface area contributed by atoms with Gasteiger partial charge in [0.1, 0.15) is 0 Å². The van der Waals surface area contributed by atoms with Crippen LogP contribution in [0.1, 0.15) is 31.9 Å². The number of fused-ring (bicyclic) bond motifs is 1. The molecule has 0 aliphatic carbocycles. The lowest BCUT2D eigenvalue weighted by molar-refractivity contribution is -0.133. The van der Waals surface area contributed by atoms with Gasteiger partial charge in [0.2, 0.25) is 5.91 Å². The molecule has 4 atom stereocenters. The molecule has 3 aliphatic heterocycles. The average Bonchev–Trinajstić information content (AvgIpc) is 3.19. The minimum absolute atomic E-state index is 0.125. The van der Waals surface area contributed by atoms with E-state index in [-0.39, 0.29) is 6.04 Å². The van der Waals surface area contributed by atoms with Gasteiger partial charge in [-0.3, -0.25) is 14.6 Å². The van der Waals surface area contributed by atoms with E-state index in [1.54, 1.807) is 0 Å². The molecule has 1 aromatic carbocycles. The summed E-state index contributed by atoms with van der Waals surface area (Å²) < 4.78 is 0. The van der Waals surface area contributed by atoms with Crippen molar-refractivity contribution in [2.75, 3.05) is 33.2 Å². The summed E-state index contributed by atoms with van der Waals surface area (Å²) >= 11 is 0. The van der Waals surface area contributed by atoms with E-state index < -0.39 is 0 Å². The quantitative estimate of drug-likeness (QED) is 0.852. The van der Waals surface area contributed by atoms with Gasteiger partial charge in [0.05, 0.1) is 6.04 Å². The number of hydrogen-bond acceptors (Lipinski definition) is 3. The second-order valence-electron chi connectivity index (χ2n) is 8.10. The Bertz CT molecular complexity index is 602. The molecule has 4 unspecified atom stereocenters. The Morgan fingerprint density at radius 3 is 2.50 bits per heavy atom. The zero-order valence-electron chi connectivity index (χ0n) is 15.1. The van der Waals surface area contributed by atoms with Crippen molar-refractivity contribution in [2.45, 2.75) is 38.4 Å². The van der Waals surface area contributed by atoms with Gasteiger partial charge in [-0.15, -0.1) is 0 Å². The van der Waals surface area contributed by atoms with Gasteiger partial charge in [0, 0.05) is 38.3 Å². The number of likely N-dealkylation sites (tertiary alicyclic amines) is 3. The molecule has 4 heteroatoms. The Morgan fingerprint density at radius 2 is 1.83 bits per heavy atom. The first kappa shape index (κ1) is 16.1. The molecule has 24 heavy (non-hydrogen) atoms. The average molecular weight is 327 g/mol. The molecule has 0 radical (unpaired) electrons. The van der Waals surface area contributed by atoms with Crippen molar-refractivity contribution < 1.29 is 4.79 Å². The highest BCUT2D eigenvalue weighted by molar-refractivity contribution is 5.84. The first-order chi connectivity index (χ1) is 11.6. The van der Waals surface area contributed by atoms with Crippen molar-refractivity contribution >= 4 is 5.91 Å². The van der Waals surface area contributed by atoms with Crippen LogP contribution in [0.3, 0.4) is 0 Å². The third-order valence-electron chi connectivity index (χ3n) is 6.34. The summed E-state index contributed by atoms with van der Waals surface area (Å²) in [6, 6.07) is 11.8. The van der Waals surface area contributed by atoms with Crippen LogP contribution in [-0.4, -0.2) is 65.9 Å². The second-order valence-corrected chi connectivity index (χ2v) is 8.10. The molecule has 3 aliphatic rings. The predicted octanol–water partition coefficient (Wildman–Crippen LogP) is 2.23. The Kier molecular flexibility index (Phi) is 4.13. The topological polar surface area (TPSA) is 26.8 Å². The lowest BCUT2D eigenvalue weighted by atomic mass is 9.90. The van der Waals surface area contributed by atoms with E-state index in [1.165, 1.54) is 5.56 Å². The van der Waals surface area contributed by atoms with Crippen LogP contribution in [0.25, 0.3) is 0 Å². The SMILES string of the molecule is CC(C)N1CCC(N2CC3CN(C)C(c4ccccc4)C3C2)C1=O. The monoisotopic (exact) mass is 327 g/mol. The van der Waals surface area contributed by atoms with Crippen LogP contribution in [0.4, 0.5) is 0 Å². The zero-order valence-corrected chi connectivity index (χ0v) is 15.1. The first-order valence-corrected chi connectivity index (χ1v) is 9.36. The Hall–Kier alpha value is -1.39. The summed E-state index contributed by atoms with van der Waals surface area (Å²) in [6.45, 7) is 8.47. The molecular weight excluding hydrogens is 298 g/mol. The summed E-state index contributed by atoms with van der Waals surface area (Å²) in [5.74, 6) is 1.70. The summed E-state index contributed by atoms with van der Waals surface area (Å²) in [7, 11) is 2.25. The van der Waals surface area contributed by atoms with E-state index in [0.717, 1.165) is 32.6 Å². The molecule has 0 bridgehead atoms. The molecule has 0 spiro atoms. The summed E-state index contributed by atoms with van der Waals surface area (Å²) in [5.41, 5.74) is 1.43. The van der Waals surface area contributed by atoms with E-state index in [4.69, 9.17) is 0 Å². The molecule has 3 heterocycles. The van der Waals surface area contributed by atoms with Crippen molar-refractivity contribution in [2.24, 2.45) is 11.8 Å². The van der Waals surface area contributed by atoms with Crippen LogP contribution in [0.5, 0.6) is 0 Å². The van der Waals surface area contributed by atoms with Gasteiger partial charge in [0.15, 0.2) is 0 Å². The molecule has 4 rings (SSSR count). The summed E-state index contributed by atoms with van der Waals surface area (Å²) in [5, 5.41) is 0. The standard InChI is InChI=1S/C20H29N3O/c1-14(2)23-10-9-18(20(23)24)22-12-16-11-21(3)19(17(16)13-22)15-7-5-4-6-8-15/h4-8,14,16-19H,9-13H2,1-3H3. The minimum atomic E-state index is 0.125. The van der Waals surface area contributed by atoms with Gasteiger partial charge in [-0.25, -0.2) is 0 Å². The lowest BCUT2D eigenvalue weighted by Crippen LogP contribution is -2.43. The normalized spacial score (nSPS) is 34.5. The Morgan fingerprint density at radius 1 is 1.08 bits per heavy atom. The molecule has 130 valence electrons.